The molecule has 0 saturated carbocycles. The van der Waals surface area contributed by atoms with E-state index in [1.54, 1.807) is 30.0 Å². The van der Waals surface area contributed by atoms with Gasteiger partial charge >= 0.3 is 0 Å². The number of rotatable bonds is 3. The summed E-state index contributed by atoms with van der Waals surface area (Å²) in [6.45, 7) is 1.57. The second kappa shape index (κ2) is 7.08. The van der Waals surface area contributed by atoms with Crippen LogP contribution in [0.3, 0.4) is 0 Å². The lowest BCUT2D eigenvalue weighted by atomic mass is 10.0. The number of hydrogen-bond donors (Lipinski definition) is 2. The molecule has 1 saturated heterocycles. The zero-order valence-corrected chi connectivity index (χ0v) is 16.7. The van der Waals surface area contributed by atoms with Crippen molar-refractivity contribution in [3.05, 3.63) is 35.0 Å². The number of hydrogen-bond acceptors (Lipinski definition) is 6. The summed E-state index contributed by atoms with van der Waals surface area (Å²) < 4.78 is 48.6. The van der Waals surface area contributed by atoms with Crippen LogP contribution in [0.15, 0.2) is 18.2 Å². The quantitative estimate of drug-likeness (QED) is 0.771. The molecule has 0 spiro atoms. The van der Waals surface area contributed by atoms with Crippen LogP contribution in [-0.4, -0.2) is 59.0 Å². The van der Waals surface area contributed by atoms with Gasteiger partial charge in [-0.05, 0) is 25.5 Å². The number of fused-ring (bicyclic) bond motifs is 2. The summed E-state index contributed by atoms with van der Waals surface area (Å²) in [6, 6.07) is 4.25. The van der Waals surface area contributed by atoms with Gasteiger partial charge in [0.1, 0.15) is 23.7 Å². The summed E-state index contributed by atoms with van der Waals surface area (Å²) in [7, 11) is 0. The lowest BCUT2D eigenvalue weighted by Crippen LogP contribution is -2.57. The molecule has 0 unspecified atom stereocenters. The average Bonchev–Trinajstić information content (AvgIpc) is 2.97. The van der Waals surface area contributed by atoms with E-state index in [0.29, 0.717) is 16.8 Å². The molecule has 2 N–H and O–H groups in total. The minimum atomic E-state index is -3.09. The highest BCUT2D eigenvalue weighted by atomic mass is 19.3. The molecule has 1 aromatic heterocycles. The molecule has 0 radical (unpaired) electrons. The van der Waals surface area contributed by atoms with Gasteiger partial charge in [-0.25, -0.2) is 14.4 Å². The van der Waals surface area contributed by atoms with E-state index in [9.17, 15) is 23.1 Å². The Morgan fingerprint density at radius 3 is 2.87 bits per heavy atom. The molecule has 0 bridgehead atoms. The van der Waals surface area contributed by atoms with Crippen molar-refractivity contribution in [1.29, 1.82) is 0 Å². The third-order valence-corrected chi connectivity index (χ3v) is 6.16. The van der Waals surface area contributed by atoms with Gasteiger partial charge in [0.15, 0.2) is 0 Å². The lowest BCUT2D eigenvalue weighted by molar-refractivity contribution is -0.00598. The van der Waals surface area contributed by atoms with E-state index in [2.05, 4.69) is 15.3 Å². The Bertz CT molecular complexity index is 1060. The van der Waals surface area contributed by atoms with Crippen molar-refractivity contribution in [2.45, 2.75) is 44.0 Å². The molecular weight excluding hydrogens is 413 g/mol. The van der Waals surface area contributed by atoms with E-state index in [4.69, 9.17) is 4.74 Å². The number of carbonyl (C=O) groups excluding carboxylic acids is 1. The number of benzene rings is 1. The number of aliphatic hydroxyl groups is 1. The molecule has 10 heteroatoms. The number of nitrogens with one attached hydrogen (secondary N) is 1. The van der Waals surface area contributed by atoms with Crippen molar-refractivity contribution in [3.63, 3.8) is 0 Å². The van der Waals surface area contributed by atoms with Crippen LogP contribution in [0.2, 0.25) is 0 Å². The largest absolute Gasteiger partial charge is 0.485 e. The molecule has 1 aromatic carbocycles. The Morgan fingerprint density at radius 2 is 2.16 bits per heavy atom. The second-order valence-corrected chi connectivity index (χ2v) is 8.16. The third-order valence-electron chi connectivity index (χ3n) is 6.16. The van der Waals surface area contributed by atoms with Crippen molar-refractivity contribution in [2.75, 3.05) is 24.6 Å². The predicted molar refractivity (Wildman–Crippen MR) is 105 cm³/mol. The van der Waals surface area contributed by atoms with E-state index in [-0.39, 0.29) is 61.4 Å². The molecule has 3 heterocycles. The fourth-order valence-corrected chi connectivity index (χ4v) is 4.19. The number of aromatic nitrogens is 2. The Hall–Kier alpha value is -2.88. The maximum absolute atomic E-state index is 14.6. The van der Waals surface area contributed by atoms with Crippen molar-refractivity contribution >= 4 is 11.9 Å². The molecular formula is C21H21F3N4O3. The maximum Gasteiger partial charge on any atom is 0.290 e. The van der Waals surface area contributed by atoms with E-state index < -0.39 is 24.2 Å². The fraction of sp³-hybridized carbons (Fsp3) is 0.476. The molecule has 2 aromatic rings. The molecule has 1 fully saturated rings. The van der Waals surface area contributed by atoms with Crippen LogP contribution in [-0.2, 0) is 12.3 Å². The normalized spacial score (nSPS) is 26.3. The minimum absolute atomic E-state index is 0.0522. The van der Waals surface area contributed by atoms with E-state index in [0.717, 1.165) is 0 Å². The molecule has 2 aliphatic heterocycles. The van der Waals surface area contributed by atoms with Gasteiger partial charge in [0.2, 0.25) is 5.95 Å². The van der Waals surface area contributed by atoms with E-state index >= 15 is 0 Å². The number of nitrogens with zero attached hydrogens (tertiary/aromatic N) is 3. The highest BCUT2D eigenvalue weighted by molar-refractivity contribution is 5.98. The number of alkyl halides is 3. The predicted octanol–water partition coefficient (Wildman–Crippen LogP) is 2.21. The van der Waals surface area contributed by atoms with E-state index in [1.165, 1.54) is 0 Å². The zero-order valence-electron chi connectivity index (χ0n) is 16.7. The number of amides is 1. The Morgan fingerprint density at radius 1 is 1.35 bits per heavy atom. The number of anilines is 1. The van der Waals surface area contributed by atoms with Crippen molar-refractivity contribution in [2.24, 2.45) is 0 Å². The Kier molecular flexibility index (Phi) is 4.58. The highest BCUT2D eigenvalue weighted by Gasteiger charge is 2.45. The summed E-state index contributed by atoms with van der Waals surface area (Å²) >= 11 is 0. The highest BCUT2D eigenvalue weighted by Crippen LogP contribution is 2.45. The monoisotopic (exact) mass is 434 g/mol. The summed E-state index contributed by atoms with van der Waals surface area (Å²) in [5.41, 5.74) is 1.11. The standard InChI is InChI=1S/C21H21F3N4O3/c1-10-15(22)8-28(10)20-26-17(14-4-5-21(23,24)18(14)27-20)11-2-3-13-16(6-11)31-12(9-29)7-25-19(13)30/h2-3,6,10,12,15,29H,4-5,7-9H2,1H3,(H,25,30)/t10-,12-,15+/m0/s1. The maximum atomic E-state index is 14.6. The van der Waals surface area contributed by atoms with Gasteiger partial charge in [-0.3, -0.25) is 4.79 Å². The van der Waals surface area contributed by atoms with Gasteiger partial charge < -0.3 is 20.1 Å². The van der Waals surface area contributed by atoms with Crippen molar-refractivity contribution in [1.82, 2.24) is 15.3 Å². The first-order valence-corrected chi connectivity index (χ1v) is 10.2. The molecule has 3 atom stereocenters. The first-order chi connectivity index (χ1) is 14.8. The molecule has 1 amide bonds. The molecule has 31 heavy (non-hydrogen) atoms. The second-order valence-electron chi connectivity index (χ2n) is 8.16. The van der Waals surface area contributed by atoms with Gasteiger partial charge in [0.25, 0.3) is 11.8 Å². The first kappa shape index (κ1) is 20.0. The molecule has 1 aliphatic carbocycles. The van der Waals surface area contributed by atoms with Crippen molar-refractivity contribution in [3.8, 4) is 17.0 Å². The Labute approximate surface area is 176 Å². The summed E-state index contributed by atoms with van der Waals surface area (Å²) in [4.78, 5) is 22.5. The number of carbonyl (C=O) groups is 1. The SMILES string of the molecule is C[C@H]1[C@H](F)CN1c1nc(-c2ccc3c(c2)O[C@H](CO)CNC3=O)c2c(n1)C(F)(F)CC2. The average molecular weight is 434 g/mol. The van der Waals surface area contributed by atoms with Gasteiger partial charge in [-0.1, -0.05) is 6.07 Å². The summed E-state index contributed by atoms with van der Waals surface area (Å²) in [6.07, 6.45) is -1.95. The molecule has 5 rings (SSSR count). The number of aliphatic hydroxyl groups excluding tert-OH is 1. The van der Waals surface area contributed by atoms with Crippen LogP contribution in [0.5, 0.6) is 5.75 Å². The van der Waals surface area contributed by atoms with Crippen molar-refractivity contribution < 1.29 is 27.8 Å². The van der Waals surface area contributed by atoms with Gasteiger partial charge in [0, 0.05) is 17.5 Å². The van der Waals surface area contributed by atoms with Crippen LogP contribution < -0.4 is 15.0 Å². The van der Waals surface area contributed by atoms with Gasteiger partial charge in [-0.15, -0.1) is 0 Å². The number of halogens is 3. The van der Waals surface area contributed by atoms with Gasteiger partial charge in [-0.2, -0.15) is 8.78 Å². The fourth-order valence-electron chi connectivity index (χ4n) is 4.19. The topological polar surface area (TPSA) is 87.6 Å². The molecule has 7 nitrogen and oxygen atoms in total. The lowest BCUT2D eigenvalue weighted by Gasteiger charge is -2.42. The summed E-state index contributed by atoms with van der Waals surface area (Å²) in [5.74, 6) is -3.12. The Balaban J connectivity index is 1.63. The smallest absolute Gasteiger partial charge is 0.290 e. The number of ether oxygens (including phenoxy) is 1. The van der Waals surface area contributed by atoms with Crippen LogP contribution >= 0.6 is 0 Å². The third kappa shape index (κ3) is 3.20. The first-order valence-electron chi connectivity index (χ1n) is 10.2. The van der Waals surface area contributed by atoms with Gasteiger partial charge in [0.05, 0.1) is 37.0 Å². The van der Waals surface area contributed by atoms with Crippen LogP contribution in [0.1, 0.15) is 35.0 Å². The van der Waals surface area contributed by atoms with E-state index in [1.807, 2.05) is 0 Å². The van der Waals surface area contributed by atoms with Crippen LogP contribution in [0.4, 0.5) is 19.1 Å². The summed E-state index contributed by atoms with van der Waals surface area (Å²) in [5, 5.41) is 12.1. The van der Waals surface area contributed by atoms with Crippen LogP contribution in [0, 0.1) is 0 Å². The zero-order chi connectivity index (χ0) is 21.9. The van der Waals surface area contributed by atoms with Crippen LogP contribution in [0.25, 0.3) is 11.3 Å². The minimum Gasteiger partial charge on any atom is -0.485 e. The molecule has 164 valence electrons. The molecule has 3 aliphatic rings.